The molecule has 4 aromatic rings. The number of para-hydroxylation sites is 1. The Hall–Kier alpha value is -4.18. The minimum atomic E-state index is -0.303. The summed E-state index contributed by atoms with van der Waals surface area (Å²) in [7, 11) is 1.50. The summed E-state index contributed by atoms with van der Waals surface area (Å²) < 4.78 is 18.5. The van der Waals surface area contributed by atoms with Gasteiger partial charge in [-0.1, -0.05) is 18.2 Å². The van der Waals surface area contributed by atoms with Gasteiger partial charge in [-0.3, -0.25) is 4.79 Å². The van der Waals surface area contributed by atoms with E-state index in [2.05, 4.69) is 20.4 Å². The summed E-state index contributed by atoms with van der Waals surface area (Å²) in [5, 5.41) is 7.08. The van der Waals surface area contributed by atoms with E-state index in [9.17, 15) is 4.79 Å². The molecular weight excluding hydrogens is 448 g/mol. The van der Waals surface area contributed by atoms with Crippen LogP contribution in [-0.2, 0) is 11.3 Å². The first-order chi connectivity index (χ1) is 17.0. The number of methoxy groups -OCH3 is 1. The third-order valence-corrected chi connectivity index (χ3v) is 5.87. The number of nitrogens with zero attached hydrogens (tertiary/aromatic N) is 4. The average molecular weight is 475 g/mol. The van der Waals surface area contributed by atoms with Crippen LogP contribution in [0.2, 0.25) is 0 Å². The van der Waals surface area contributed by atoms with Crippen molar-refractivity contribution in [2.24, 2.45) is 0 Å². The Balaban J connectivity index is 1.39. The van der Waals surface area contributed by atoms with Crippen molar-refractivity contribution < 1.29 is 19.0 Å². The minimum Gasteiger partial charge on any atom is -0.488 e. The standard InChI is InChI=1S/C25H26N6O4/c1-15-19(16-7-9-31-22(11-16)29-25(26)30-31)12-20(24(28-15)33-2)23(32)27-13-17-5-3-4-6-21(17)35-18-8-10-34-14-18/h3-7,9,11-12,18H,8,10,13-14H2,1-2H3,(H2,26,30)(H,27,32). The summed E-state index contributed by atoms with van der Waals surface area (Å²) >= 11 is 0. The normalized spacial score (nSPS) is 15.3. The van der Waals surface area contributed by atoms with Crippen molar-refractivity contribution in [3.05, 3.63) is 65.5 Å². The van der Waals surface area contributed by atoms with Crippen LogP contribution in [0.15, 0.2) is 48.7 Å². The zero-order chi connectivity index (χ0) is 24.4. The molecule has 3 N–H and O–H groups in total. The van der Waals surface area contributed by atoms with Crippen molar-refractivity contribution in [2.75, 3.05) is 26.1 Å². The zero-order valence-corrected chi connectivity index (χ0v) is 19.5. The maximum absolute atomic E-state index is 13.2. The zero-order valence-electron chi connectivity index (χ0n) is 19.5. The van der Waals surface area contributed by atoms with E-state index in [1.165, 1.54) is 7.11 Å². The molecule has 10 heteroatoms. The Morgan fingerprint density at radius 1 is 1.26 bits per heavy atom. The monoisotopic (exact) mass is 474 g/mol. The van der Waals surface area contributed by atoms with Crippen LogP contribution in [0.5, 0.6) is 11.6 Å². The van der Waals surface area contributed by atoms with Crippen LogP contribution in [-0.4, -0.2) is 51.9 Å². The smallest absolute Gasteiger partial charge is 0.257 e. The van der Waals surface area contributed by atoms with Gasteiger partial charge in [-0.25, -0.2) is 9.50 Å². The molecule has 0 aliphatic carbocycles. The molecule has 5 rings (SSSR count). The van der Waals surface area contributed by atoms with Crippen molar-refractivity contribution in [2.45, 2.75) is 26.0 Å². The number of fused-ring (bicyclic) bond motifs is 1. The van der Waals surface area contributed by atoms with Crippen molar-refractivity contribution in [3.8, 4) is 22.8 Å². The topological polar surface area (TPSA) is 126 Å². The lowest BCUT2D eigenvalue weighted by molar-refractivity contribution is 0.0946. The fourth-order valence-electron chi connectivity index (χ4n) is 4.08. The summed E-state index contributed by atoms with van der Waals surface area (Å²) in [6.07, 6.45) is 2.64. The number of benzene rings is 1. The molecule has 1 saturated heterocycles. The second-order valence-corrected chi connectivity index (χ2v) is 8.26. The molecule has 1 aliphatic rings. The van der Waals surface area contributed by atoms with E-state index in [-0.39, 0.29) is 23.8 Å². The van der Waals surface area contributed by atoms with Crippen molar-refractivity contribution in [1.29, 1.82) is 0 Å². The maximum Gasteiger partial charge on any atom is 0.257 e. The number of aromatic nitrogens is 4. The second-order valence-electron chi connectivity index (χ2n) is 8.26. The Morgan fingerprint density at radius 3 is 2.91 bits per heavy atom. The molecule has 1 unspecified atom stereocenters. The van der Waals surface area contributed by atoms with Crippen LogP contribution in [0, 0.1) is 6.92 Å². The number of pyridine rings is 2. The van der Waals surface area contributed by atoms with Crippen molar-refractivity contribution >= 4 is 17.5 Å². The number of ether oxygens (including phenoxy) is 3. The Labute approximate surface area is 202 Å². The number of anilines is 1. The number of carbonyl (C=O) groups excluding carboxylic acids is 1. The van der Waals surface area contributed by atoms with E-state index in [1.807, 2.05) is 43.3 Å². The van der Waals surface area contributed by atoms with Gasteiger partial charge in [-0.05, 0) is 36.8 Å². The van der Waals surface area contributed by atoms with Gasteiger partial charge in [0, 0.05) is 36.0 Å². The van der Waals surface area contributed by atoms with Gasteiger partial charge in [-0.2, -0.15) is 4.98 Å². The van der Waals surface area contributed by atoms with E-state index in [0.717, 1.165) is 28.9 Å². The maximum atomic E-state index is 13.2. The number of hydrogen-bond donors (Lipinski definition) is 2. The Bertz CT molecular complexity index is 1380. The molecule has 0 radical (unpaired) electrons. The summed E-state index contributed by atoms with van der Waals surface area (Å²) in [5.41, 5.74) is 9.85. The molecule has 1 aromatic carbocycles. The van der Waals surface area contributed by atoms with E-state index in [1.54, 1.807) is 16.8 Å². The van der Waals surface area contributed by atoms with Gasteiger partial charge in [0.05, 0.1) is 20.3 Å². The lowest BCUT2D eigenvalue weighted by atomic mass is 10.0. The Morgan fingerprint density at radius 2 is 2.11 bits per heavy atom. The first-order valence-electron chi connectivity index (χ1n) is 11.3. The summed E-state index contributed by atoms with van der Waals surface area (Å²) in [6, 6.07) is 13.2. The number of amides is 1. The van der Waals surface area contributed by atoms with Gasteiger partial charge in [0.1, 0.15) is 17.4 Å². The molecule has 0 spiro atoms. The molecule has 1 fully saturated rings. The summed E-state index contributed by atoms with van der Waals surface area (Å²) in [5.74, 6) is 0.877. The highest BCUT2D eigenvalue weighted by Gasteiger charge is 2.20. The number of nitrogen functional groups attached to an aromatic ring is 1. The number of carbonyl (C=O) groups is 1. The molecule has 10 nitrogen and oxygen atoms in total. The van der Waals surface area contributed by atoms with Crippen molar-refractivity contribution in [1.82, 2.24) is 24.9 Å². The summed E-state index contributed by atoms with van der Waals surface area (Å²) in [4.78, 5) is 22.0. The van der Waals surface area contributed by atoms with E-state index < -0.39 is 0 Å². The highest BCUT2D eigenvalue weighted by Crippen LogP contribution is 2.29. The van der Waals surface area contributed by atoms with Gasteiger partial charge in [0.2, 0.25) is 11.8 Å². The molecule has 0 bridgehead atoms. The molecular formula is C25H26N6O4. The van der Waals surface area contributed by atoms with Crippen LogP contribution in [0.4, 0.5) is 5.95 Å². The van der Waals surface area contributed by atoms with Crippen LogP contribution < -0.4 is 20.5 Å². The third kappa shape index (κ3) is 4.73. The third-order valence-electron chi connectivity index (χ3n) is 5.87. The molecule has 1 aliphatic heterocycles. The van der Waals surface area contributed by atoms with Crippen molar-refractivity contribution in [3.63, 3.8) is 0 Å². The van der Waals surface area contributed by atoms with Gasteiger partial charge in [0.25, 0.3) is 5.91 Å². The fourth-order valence-corrected chi connectivity index (χ4v) is 4.08. The molecule has 1 atom stereocenters. The van der Waals surface area contributed by atoms with Gasteiger partial charge in [-0.15, -0.1) is 5.10 Å². The van der Waals surface area contributed by atoms with E-state index in [0.29, 0.717) is 36.7 Å². The molecule has 0 saturated carbocycles. The summed E-state index contributed by atoms with van der Waals surface area (Å²) in [6.45, 7) is 3.43. The van der Waals surface area contributed by atoms with Gasteiger partial charge in [0.15, 0.2) is 5.65 Å². The van der Waals surface area contributed by atoms with E-state index >= 15 is 0 Å². The SMILES string of the molecule is COc1nc(C)c(-c2ccn3nc(N)nc3c2)cc1C(=O)NCc1ccccc1OC1CCOC1. The first kappa shape index (κ1) is 22.6. The number of aryl methyl sites for hydroxylation is 1. The molecule has 3 aromatic heterocycles. The molecule has 1 amide bonds. The number of nitrogens with one attached hydrogen (secondary N) is 1. The highest BCUT2D eigenvalue weighted by molar-refractivity contribution is 5.97. The number of nitrogens with two attached hydrogens (primary N) is 1. The fraction of sp³-hybridized carbons (Fsp3) is 0.280. The van der Waals surface area contributed by atoms with Crippen LogP contribution in [0.1, 0.15) is 28.0 Å². The van der Waals surface area contributed by atoms with Gasteiger partial charge < -0.3 is 25.3 Å². The van der Waals surface area contributed by atoms with Crippen LogP contribution in [0.3, 0.4) is 0 Å². The minimum absolute atomic E-state index is 0.0220. The van der Waals surface area contributed by atoms with Crippen LogP contribution >= 0.6 is 0 Å². The lowest BCUT2D eigenvalue weighted by Crippen LogP contribution is -2.25. The Kier molecular flexibility index (Phi) is 6.19. The molecule has 35 heavy (non-hydrogen) atoms. The average Bonchev–Trinajstić information content (AvgIpc) is 3.51. The van der Waals surface area contributed by atoms with Gasteiger partial charge >= 0.3 is 0 Å². The highest BCUT2D eigenvalue weighted by atomic mass is 16.5. The second kappa shape index (κ2) is 9.59. The quantitative estimate of drug-likeness (QED) is 0.419. The van der Waals surface area contributed by atoms with E-state index in [4.69, 9.17) is 19.9 Å². The predicted octanol–water partition coefficient (Wildman–Crippen LogP) is 2.79. The molecule has 180 valence electrons. The molecule has 4 heterocycles. The number of rotatable bonds is 7. The van der Waals surface area contributed by atoms with Crippen LogP contribution in [0.25, 0.3) is 16.8 Å². The predicted molar refractivity (Wildman–Crippen MR) is 129 cm³/mol. The largest absolute Gasteiger partial charge is 0.488 e. The first-order valence-corrected chi connectivity index (χ1v) is 11.3. The number of hydrogen-bond acceptors (Lipinski definition) is 8. The lowest BCUT2D eigenvalue weighted by Gasteiger charge is -2.16.